The number of hydrogen-bond donors (Lipinski definition) is 1. The maximum atomic E-state index is 11.8. The summed E-state index contributed by atoms with van der Waals surface area (Å²) < 4.78 is 1.06. The van der Waals surface area contributed by atoms with Gasteiger partial charge in [-0.25, -0.2) is 0 Å². The van der Waals surface area contributed by atoms with Gasteiger partial charge in [0.2, 0.25) is 0 Å². The van der Waals surface area contributed by atoms with Crippen LogP contribution >= 0.6 is 27.3 Å². The van der Waals surface area contributed by atoms with Gasteiger partial charge in [-0.1, -0.05) is 0 Å². The molecule has 1 heterocycles. The SMILES string of the molecule is C/C(N)=C(\C#N)C(=O)CN(C)Cc1csc(Br)c1. The Morgan fingerprint density at radius 2 is 2.33 bits per heavy atom. The standard InChI is InChI=1S/C12H14BrN3OS/c1-8(15)10(4-14)11(17)6-16(2)5-9-3-12(13)18-7-9/h3,7H,5-6,15H2,1-2H3/b10-8-. The quantitative estimate of drug-likeness (QED) is 0.665. The molecule has 2 N–H and O–H groups in total. The number of nitrogens with zero attached hydrogens (tertiary/aromatic N) is 2. The van der Waals surface area contributed by atoms with Gasteiger partial charge in [0, 0.05) is 12.2 Å². The van der Waals surface area contributed by atoms with Gasteiger partial charge < -0.3 is 5.73 Å². The minimum absolute atomic E-state index is 0.0494. The Morgan fingerprint density at radius 1 is 1.67 bits per heavy atom. The highest BCUT2D eigenvalue weighted by molar-refractivity contribution is 9.11. The van der Waals surface area contributed by atoms with Crippen LogP contribution in [0.2, 0.25) is 0 Å². The largest absolute Gasteiger partial charge is 0.401 e. The number of halogens is 1. The fourth-order valence-corrected chi connectivity index (χ4v) is 2.69. The van der Waals surface area contributed by atoms with Crippen LogP contribution in [0.5, 0.6) is 0 Å². The Labute approximate surface area is 119 Å². The summed E-state index contributed by atoms with van der Waals surface area (Å²) in [6, 6.07) is 3.86. The van der Waals surface area contributed by atoms with E-state index in [9.17, 15) is 4.79 Å². The van der Waals surface area contributed by atoms with Crippen LogP contribution < -0.4 is 5.73 Å². The summed E-state index contributed by atoms with van der Waals surface area (Å²) in [6.45, 7) is 2.41. The van der Waals surface area contributed by atoms with Gasteiger partial charge in [0.1, 0.15) is 11.6 Å². The van der Waals surface area contributed by atoms with Gasteiger partial charge in [-0.2, -0.15) is 5.26 Å². The molecule has 0 atom stereocenters. The van der Waals surface area contributed by atoms with E-state index in [-0.39, 0.29) is 23.6 Å². The van der Waals surface area contributed by atoms with Crippen molar-refractivity contribution >= 4 is 33.0 Å². The average Bonchev–Trinajstić information content (AvgIpc) is 2.63. The molecule has 6 heteroatoms. The van der Waals surface area contributed by atoms with Crippen LogP contribution in [0.3, 0.4) is 0 Å². The van der Waals surface area contributed by atoms with Crippen LogP contribution in [0.15, 0.2) is 26.5 Å². The number of nitrogens with two attached hydrogens (primary N) is 1. The van der Waals surface area contributed by atoms with E-state index in [1.807, 2.05) is 29.5 Å². The summed E-state index contributed by atoms with van der Waals surface area (Å²) >= 11 is 5.00. The smallest absolute Gasteiger partial charge is 0.189 e. The highest BCUT2D eigenvalue weighted by atomic mass is 79.9. The summed E-state index contributed by atoms with van der Waals surface area (Å²) in [5.41, 5.74) is 6.95. The predicted octanol–water partition coefficient (Wildman–Crippen LogP) is 2.27. The van der Waals surface area contributed by atoms with Crippen LogP contribution in [0.4, 0.5) is 0 Å². The molecule has 0 radical (unpaired) electrons. The molecule has 0 saturated carbocycles. The second-order valence-corrected chi connectivity index (χ2v) is 6.31. The summed E-state index contributed by atoms with van der Waals surface area (Å²) in [5.74, 6) is -0.241. The third-order valence-corrected chi connectivity index (χ3v) is 3.83. The number of carbonyl (C=O) groups is 1. The maximum absolute atomic E-state index is 11.8. The van der Waals surface area contributed by atoms with Gasteiger partial charge in [-0.3, -0.25) is 9.69 Å². The molecule has 0 unspecified atom stereocenters. The summed E-state index contributed by atoms with van der Waals surface area (Å²) in [7, 11) is 1.84. The first-order chi connectivity index (χ1) is 8.43. The van der Waals surface area contributed by atoms with Crippen molar-refractivity contribution in [3.05, 3.63) is 32.1 Å². The zero-order chi connectivity index (χ0) is 13.7. The van der Waals surface area contributed by atoms with E-state index in [0.717, 1.165) is 9.35 Å². The number of hydrogen-bond acceptors (Lipinski definition) is 5. The van der Waals surface area contributed by atoms with Crippen LogP contribution in [-0.4, -0.2) is 24.3 Å². The molecule has 0 aliphatic rings. The molecule has 0 aromatic carbocycles. The highest BCUT2D eigenvalue weighted by Gasteiger charge is 2.14. The average molecular weight is 328 g/mol. The summed E-state index contributed by atoms with van der Waals surface area (Å²) in [5, 5.41) is 10.9. The van der Waals surface area contributed by atoms with E-state index in [4.69, 9.17) is 11.0 Å². The molecule has 0 amide bonds. The fourth-order valence-electron chi connectivity index (χ4n) is 1.49. The number of nitriles is 1. The van der Waals surface area contributed by atoms with Crippen molar-refractivity contribution in [2.75, 3.05) is 13.6 Å². The van der Waals surface area contributed by atoms with Gasteiger partial charge in [0.25, 0.3) is 0 Å². The fraction of sp³-hybridized carbons (Fsp3) is 0.333. The predicted molar refractivity (Wildman–Crippen MR) is 75.9 cm³/mol. The van der Waals surface area contributed by atoms with E-state index in [0.29, 0.717) is 6.54 Å². The van der Waals surface area contributed by atoms with Crippen molar-refractivity contribution in [1.29, 1.82) is 5.26 Å². The van der Waals surface area contributed by atoms with E-state index >= 15 is 0 Å². The molecule has 0 fully saturated rings. The maximum Gasteiger partial charge on any atom is 0.189 e. The molecule has 0 saturated heterocycles. The minimum Gasteiger partial charge on any atom is -0.401 e. The van der Waals surface area contributed by atoms with Gasteiger partial charge >= 0.3 is 0 Å². The molecule has 1 rings (SSSR count). The summed E-state index contributed by atoms with van der Waals surface area (Å²) in [6.07, 6.45) is 0. The lowest BCUT2D eigenvalue weighted by Crippen LogP contribution is -2.27. The molecular weight excluding hydrogens is 314 g/mol. The molecule has 96 valence electrons. The van der Waals surface area contributed by atoms with Gasteiger partial charge in [0.05, 0.1) is 10.3 Å². The van der Waals surface area contributed by atoms with Gasteiger partial charge in [-0.05, 0) is 46.9 Å². The van der Waals surface area contributed by atoms with Crippen LogP contribution in [0, 0.1) is 11.3 Å². The Kier molecular flexibility index (Phi) is 5.54. The number of Topliss-reactive ketones (excluding diaryl/α,β-unsaturated/α-hetero) is 1. The van der Waals surface area contributed by atoms with Crippen molar-refractivity contribution < 1.29 is 4.79 Å². The summed E-state index contributed by atoms with van der Waals surface area (Å²) in [4.78, 5) is 13.7. The topological polar surface area (TPSA) is 70.1 Å². The lowest BCUT2D eigenvalue weighted by Gasteiger charge is -2.14. The van der Waals surface area contributed by atoms with Crippen LogP contribution in [0.1, 0.15) is 12.5 Å². The molecular formula is C12H14BrN3OS. The third-order valence-electron chi connectivity index (χ3n) is 2.27. The highest BCUT2D eigenvalue weighted by Crippen LogP contribution is 2.21. The van der Waals surface area contributed by atoms with Gasteiger partial charge in [-0.15, -0.1) is 11.3 Å². The van der Waals surface area contributed by atoms with Crippen molar-refractivity contribution in [3.8, 4) is 6.07 Å². The van der Waals surface area contributed by atoms with Gasteiger partial charge in [0.15, 0.2) is 5.78 Å². The monoisotopic (exact) mass is 327 g/mol. The lowest BCUT2D eigenvalue weighted by molar-refractivity contribution is -0.116. The Morgan fingerprint density at radius 3 is 2.78 bits per heavy atom. The number of carbonyl (C=O) groups excluding carboxylic acids is 1. The second-order valence-electron chi connectivity index (χ2n) is 4.02. The molecule has 0 bridgehead atoms. The molecule has 4 nitrogen and oxygen atoms in total. The third kappa shape index (κ3) is 4.26. The first-order valence-electron chi connectivity index (χ1n) is 5.25. The second kappa shape index (κ2) is 6.69. The number of thiophene rings is 1. The number of rotatable bonds is 5. The minimum atomic E-state index is -0.241. The first kappa shape index (κ1) is 14.9. The van der Waals surface area contributed by atoms with Crippen molar-refractivity contribution in [1.82, 2.24) is 4.90 Å². The van der Waals surface area contributed by atoms with E-state index in [2.05, 4.69) is 15.9 Å². The molecule has 18 heavy (non-hydrogen) atoms. The molecule has 0 aliphatic heterocycles. The molecule has 0 aliphatic carbocycles. The van der Waals surface area contributed by atoms with Crippen molar-refractivity contribution in [2.24, 2.45) is 5.73 Å². The van der Waals surface area contributed by atoms with Crippen LogP contribution in [-0.2, 0) is 11.3 Å². The molecule has 1 aromatic rings. The number of likely N-dealkylation sites (N-methyl/N-ethyl adjacent to an activating group) is 1. The number of ketones is 1. The molecule has 0 spiro atoms. The normalized spacial score (nSPS) is 12.2. The van der Waals surface area contributed by atoms with E-state index < -0.39 is 0 Å². The van der Waals surface area contributed by atoms with E-state index in [1.54, 1.807) is 18.3 Å². The Hall–Kier alpha value is -1.16. The van der Waals surface area contributed by atoms with Crippen LogP contribution in [0.25, 0.3) is 0 Å². The Balaban J connectivity index is 2.61. The number of allylic oxidation sites excluding steroid dienone is 1. The van der Waals surface area contributed by atoms with Crippen molar-refractivity contribution in [3.63, 3.8) is 0 Å². The molecule has 1 aromatic heterocycles. The Bertz CT molecular complexity index is 512. The van der Waals surface area contributed by atoms with E-state index in [1.165, 1.54) is 0 Å². The zero-order valence-corrected chi connectivity index (χ0v) is 12.6. The zero-order valence-electron chi connectivity index (χ0n) is 10.2. The lowest BCUT2D eigenvalue weighted by atomic mass is 10.1. The first-order valence-corrected chi connectivity index (χ1v) is 6.92. The van der Waals surface area contributed by atoms with Crippen molar-refractivity contribution in [2.45, 2.75) is 13.5 Å².